The van der Waals surface area contributed by atoms with Crippen LogP contribution < -0.4 is 0 Å². The molecular formula is C10H15N2O2S+. The van der Waals surface area contributed by atoms with Crippen LogP contribution in [0.4, 0.5) is 0 Å². The van der Waals surface area contributed by atoms with Crippen molar-refractivity contribution in [2.24, 2.45) is 0 Å². The fourth-order valence-corrected chi connectivity index (χ4v) is 2.86. The van der Waals surface area contributed by atoms with Crippen LogP contribution in [0.3, 0.4) is 0 Å². The lowest BCUT2D eigenvalue weighted by molar-refractivity contribution is 0.316. The van der Waals surface area contributed by atoms with Crippen LogP contribution in [0.5, 0.6) is 0 Å². The first-order chi connectivity index (χ1) is 7.19. The molecule has 0 aliphatic carbocycles. The number of hydrogen-bond donors (Lipinski definition) is 2. The van der Waals surface area contributed by atoms with Crippen LogP contribution in [-0.2, 0) is 10.9 Å². The summed E-state index contributed by atoms with van der Waals surface area (Å²) in [5.74, 6) is 1.83. The Bertz CT molecular complexity index is 280. The second-order valence-corrected chi connectivity index (χ2v) is 5.32. The van der Waals surface area contributed by atoms with Crippen molar-refractivity contribution >= 4 is 10.9 Å². The molecule has 0 unspecified atom stereocenters. The van der Waals surface area contributed by atoms with Crippen molar-refractivity contribution in [1.82, 2.24) is 0 Å². The van der Waals surface area contributed by atoms with Gasteiger partial charge in [-0.05, 0) is 17.8 Å². The number of aliphatic hydroxyl groups is 2. The minimum Gasteiger partial charge on any atom is -0.391 e. The van der Waals surface area contributed by atoms with E-state index in [4.69, 9.17) is 20.7 Å². The third-order valence-corrected chi connectivity index (χ3v) is 4.19. The van der Waals surface area contributed by atoms with Crippen molar-refractivity contribution in [3.63, 3.8) is 0 Å². The minimum atomic E-state index is -0.138. The molecule has 0 rings (SSSR count). The highest BCUT2D eigenvalue weighted by Crippen LogP contribution is 2.08. The Morgan fingerprint density at radius 1 is 1.13 bits per heavy atom. The van der Waals surface area contributed by atoms with Crippen LogP contribution >= 0.6 is 0 Å². The van der Waals surface area contributed by atoms with Crippen molar-refractivity contribution in [3.8, 4) is 12.1 Å². The van der Waals surface area contributed by atoms with Gasteiger partial charge in [-0.1, -0.05) is 0 Å². The van der Waals surface area contributed by atoms with E-state index in [0.717, 1.165) is 5.57 Å². The van der Waals surface area contributed by atoms with Gasteiger partial charge in [-0.2, -0.15) is 10.5 Å². The van der Waals surface area contributed by atoms with Crippen molar-refractivity contribution in [2.75, 3.05) is 30.5 Å². The zero-order chi connectivity index (χ0) is 11.7. The van der Waals surface area contributed by atoms with E-state index in [2.05, 4.69) is 0 Å². The molecule has 0 saturated carbocycles. The molecule has 0 aromatic carbocycles. The zero-order valence-corrected chi connectivity index (χ0v) is 9.55. The van der Waals surface area contributed by atoms with Gasteiger partial charge in [0.15, 0.2) is 0 Å². The van der Waals surface area contributed by atoms with Gasteiger partial charge in [0, 0.05) is 5.57 Å². The van der Waals surface area contributed by atoms with Crippen LogP contribution in [0.15, 0.2) is 11.1 Å². The van der Waals surface area contributed by atoms with Gasteiger partial charge >= 0.3 is 0 Å². The molecule has 2 N–H and O–H groups in total. The van der Waals surface area contributed by atoms with Crippen molar-refractivity contribution in [1.29, 1.82) is 10.5 Å². The maximum atomic E-state index is 8.81. The second kappa shape index (κ2) is 8.31. The van der Waals surface area contributed by atoms with Gasteiger partial charge in [0.05, 0.1) is 13.2 Å². The third-order valence-electron chi connectivity index (χ3n) is 1.83. The van der Waals surface area contributed by atoms with Gasteiger partial charge in [-0.25, -0.2) is 0 Å². The predicted octanol–water partition coefficient (Wildman–Crippen LogP) is -0.0470. The number of nitrogens with zero attached hydrogens (tertiary/aromatic N) is 2. The number of nitriles is 2. The summed E-state index contributed by atoms with van der Waals surface area (Å²) in [7, 11) is -0.138. The molecule has 5 heteroatoms. The smallest absolute Gasteiger partial charge is 0.133 e. The van der Waals surface area contributed by atoms with E-state index in [-0.39, 0.29) is 29.7 Å². The lowest BCUT2D eigenvalue weighted by Gasteiger charge is -2.06. The molecule has 0 fully saturated rings. The number of allylic oxidation sites excluding steroid dienone is 1. The van der Waals surface area contributed by atoms with E-state index in [0.29, 0.717) is 17.3 Å². The standard InChI is InChI=1S/C10H15N2O2S/c1-9(10(6-11)7-12)8-15(4-2-13)5-3-14/h13-14H,2-5,8H2,1H3/q+1. The normalized spacial score (nSPS) is 9.47. The van der Waals surface area contributed by atoms with Gasteiger partial charge in [0.25, 0.3) is 0 Å². The van der Waals surface area contributed by atoms with Gasteiger partial charge in [-0.15, -0.1) is 0 Å². The molecule has 0 aliphatic heterocycles. The highest BCUT2D eigenvalue weighted by Gasteiger charge is 2.19. The van der Waals surface area contributed by atoms with Crippen LogP contribution in [-0.4, -0.2) is 40.7 Å². The summed E-state index contributed by atoms with van der Waals surface area (Å²) >= 11 is 0. The molecule has 82 valence electrons. The van der Waals surface area contributed by atoms with Crippen molar-refractivity contribution < 1.29 is 10.2 Å². The highest BCUT2D eigenvalue weighted by molar-refractivity contribution is 7.97. The Labute approximate surface area is 92.8 Å². The van der Waals surface area contributed by atoms with Crippen LogP contribution in [0.25, 0.3) is 0 Å². The fraction of sp³-hybridized carbons (Fsp3) is 0.600. The number of rotatable bonds is 6. The Morgan fingerprint density at radius 2 is 1.60 bits per heavy atom. The second-order valence-electron chi connectivity index (χ2n) is 2.99. The maximum absolute atomic E-state index is 8.81. The summed E-state index contributed by atoms with van der Waals surface area (Å²) in [6.45, 7) is 1.90. The Hall–Kier alpha value is -1.01. The van der Waals surface area contributed by atoms with Gasteiger partial charge in [0.2, 0.25) is 0 Å². The molecule has 0 amide bonds. The number of hydrogen-bond acceptors (Lipinski definition) is 4. The molecule has 0 spiro atoms. The SMILES string of the molecule is CC(C[S+](CCO)CCO)=C(C#N)C#N. The Morgan fingerprint density at radius 3 is 1.93 bits per heavy atom. The lowest BCUT2D eigenvalue weighted by Crippen LogP contribution is -2.21. The molecule has 4 nitrogen and oxygen atoms in total. The molecule has 0 aromatic rings. The minimum absolute atomic E-state index is 0.0742. The quantitative estimate of drug-likeness (QED) is 0.492. The molecule has 0 radical (unpaired) electrons. The van der Waals surface area contributed by atoms with Crippen molar-refractivity contribution in [3.05, 3.63) is 11.1 Å². The van der Waals surface area contributed by atoms with E-state index >= 15 is 0 Å². The summed E-state index contributed by atoms with van der Waals surface area (Å²) < 4.78 is 0. The van der Waals surface area contributed by atoms with Crippen LogP contribution in [0.1, 0.15) is 6.92 Å². The van der Waals surface area contributed by atoms with Crippen LogP contribution in [0, 0.1) is 22.7 Å². The first-order valence-electron chi connectivity index (χ1n) is 4.55. The molecule has 0 bridgehead atoms. The lowest BCUT2D eigenvalue weighted by atomic mass is 10.2. The Kier molecular flexibility index (Phi) is 7.75. The van der Waals surface area contributed by atoms with E-state index in [1.54, 1.807) is 6.92 Å². The first kappa shape index (κ1) is 14.0. The van der Waals surface area contributed by atoms with Crippen LogP contribution in [0.2, 0.25) is 0 Å². The van der Waals surface area contributed by atoms with E-state index < -0.39 is 0 Å². The van der Waals surface area contributed by atoms with Gasteiger partial charge < -0.3 is 10.2 Å². The fourth-order valence-electron chi connectivity index (χ4n) is 1.10. The summed E-state index contributed by atoms with van der Waals surface area (Å²) in [6.07, 6.45) is 0. The molecule has 15 heavy (non-hydrogen) atoms. The first-order valence-corrected chi connectivity index (χ1v) is 6.28. The predicted molar refractivity (Wildman–Crippen MR) is 60.1 cm³/mol. The number of aliphatic hydroxyl groups excluding tert-OH is 2. The van der Waals surface area contributed by atoms with E-state index in [1.165, 1.54) is 0 Å². The molecule has 0 aliphatic rings. The summed E-state index contributed by atoms with van der Waals surface area (Å²) in [4.78, 5) is 0. The van der Waals surface area contributed by atoms with Gasteiger partial charge in [-0.3, -0.25) is 0 Å². The molecule has 0 heterocycles. The van der Waals surface area contributed by atoms with Crippen molar-refractivity contribution in [2.45, 2.75) is 6.92 Å². The maximum Gasteiger partial charge on any atom is 0.133 e. The molecule has 0 saturated heterocycles. The monoisotopic (exact) mass is 227 g/mol. The van der Waals surface area contributed by atoms with E-state index in [1.807, 2.05) is 12.1 Å². The van der Waals surface area contributed by atoms with Gasteiger partial charge in [0.1, 0.15) is 35.0 Å². The summed E-state index contributed by atoms with van der Waals surface area (Å²) in [5.41, 5.74) is 0.883. The highest BCUT2D eigenvalue weighted by atomic mass is 32.2. The van der Waals surface area contributed by atoms with E-state index in [9.17, 15) is 0 Å². The largest absolute Gasteiger partial charge is 0.391 e. The Balaban J connectivity index is 4.47. The molecular weight excluding hydrogens is 212 g/mol. The summed E-state index contributed by atoms with van der Waals surface area (Å²) in [5, 5.41) is 34.9. The molecule has 0 atom stereocenters. The average Bonchev–Trinajstić information content (AvgIpc) is 2.20. The topological polar surface area (TPSA) is 88.0 Å². The molecule has 0 aromatic heterocycles. The average molecular weight is 227 g/mol. The third kappa shape index (κ3) is 5.44. The summed E-state index contributed by atoms with van der Waals surface area (Å²) in [6, 6.07) is 3.68. The zero-order valence-electron chi connectivity index (χ0n) is 8.73.